The van der Waals surface area contributed by atoms with Gasteiger partial charge in [0.05, 0.1) is 5.69 Å². The van der Waals surface area contributed by atoms with Crippen LogP contribution in [0.1, 0.15) is 13.3 Å². The van der Waals surface area contributed by atoms with Gasteiger partial charge in [-0.15, -0.1) is 0 Å². The fraction of sp³-hybridized carbons (Fsp3) is 0.250. The molecule has 0 aliphatic carbocycles. The molecule has 2 N–H and O–H groups in total. The number of nitrogens with one attached hydrogen (secondary N) is 2. The van der Waals surface area contributed by atoms with Crippen molar-refractivity contribution < 1.29 is 9.18 Å². The smallest absolute Gasteiger partial charge is 0.212 e. The fourth-order valence-corrected chi connectivity index (χ4v) is 1.93. The summed E-state index contributed by atoms with van der Waals surface area (Å²) in [5.74, 6) is -0.181. The summed E-state index contributed by atoms with van der Waals surface area (Å²) in [5, 5.41) is 6.17. The van der Waals surface area contributed by atoms with Gasteiger partial charge in [-0.25, -0.2) is 9.37 Å². The Kier molecular flexibility index (Phi) is 8.37. The molecule has 1 heterocycles. The molecule has 0 aromatic carbocycles. The number of pyridine rings is 1. The second kappa shape index (κ2) is 10.0. The highest BCUT2D eigenvalue weighted by Crippen LogP contribution is 2.22. The first-order chi connectivity index (χ1) is 10.9. The van der Waals surface area contributed by atoms with Crippen LogP contribution in [-0.2, 0) is 4.79 Å². The topological polar surface area (TPSA) is 54.0 Å². The molecule has 0 aliphatic rings. The van der Waals surface area contributed by atoms with Crippen LogP contribution in [0.25, 0.3) is 0 Å². The van der Waals surface area contributed by atoms with E-state index in [0.717, 1.165) is 0 Å². The van der Waals surface area contributed by atoms with Crippen molar-refractivity contribution in [3.63, 3.8) is 0 Å². The number of aromatic nitrogens is 1. The number of halogens is 3. The number of carbonyl (C=O) groups is 1. The Labute approximate surface area is 145 Å². The van der Waals surface area contributed by atoms with Gasteiger partial charge >= 0.3 is 0 Å². The van der Waals surface area contributed by atoms with Crippen LogP contribution in [-0.4, -0.2) is 17.9 Å². The first kappa shape index (κ1) is 19.2. The summed E-state index contributed by atoms with van der Waals surface area (Å²) in [4.78, 5) is 14.6. The van der Waals surface area contributed by atoms with Crippen LogP contribution in [0, 0.1) is 5.92 Å². The zero-order valence-electron chi connectivity index (χ0n) is 12.7. The van der Waals surface area contributed by atoms with Gasteiger partial charge in [0.2, 0.25) is 6.41 Å². The quantitative estimate of drug-likeness (QED) is 0.375. The van der Waals surface area contributed by atoms with E-state index in [0.29, 0.717) is 35.9 Å². The first-order valence-corrected chi connectivity index (χ1v) is 7.68. The van der Waals surface area contributed by atoms with E-state index in [2.05, 4.69) is 22.2 Å². The maximum atomic E-state index is 13.8. The number of hydrogen-bond acceptors (Lipinski definition) is 3. The van der Waals surface area contributed by atoms with E-state index in [1.165, 1.54) is 18.2 Å². The summed E-state index contributed by atoms with van der Waals surface area (Å²) in [7, 11) is 0. The first-order valence-electron chi connectivity index (χ1n) is 6.92. The van der Waals surface area contributed by atoms with Gasteiger partial charge in [-0.2, -0.15) is 0 Å². The average Bonchev–Trinajstić information content (AvgIpc) is 2.49. The van der Waals surface area contributed by atoms with E-state index in [9.17, 15) is 9.18 Å². The minimum Gasteiger partial charge on any atom is -0.382 e. The predicted octanol–water partition coefficient (Wildman–Crippen LogP) is 4.90. The summed E-state index contributed by atoms with van der Waals surface area (Å²) in [6.07, 6.45) is 5.47. The van der Waals surface area contributed by atoms with Crippen molar-refractivity contribution in [2.24, 2.45) is 5.92 Å². The van der Waals surface area contributed by atoms with E-state index < -0.39 is 0 Å². The molecular formula is C16H18Cl2FN3O. The molecule has 1 aromatic heterocycles. The molecule has 1 rings (SSSR count). The molecule has 1 amide bonds. The Bertz CT molecular complexity index is 617. The van der Waals surface area contributed by atoms with Crippen LogP contribution < -0.4 is 10.6 Å². The summed E-state index contributed by atoms with van der Waals surface area (Å²) in [6.45, 7) is 5.76. The third kappa shape index (κ3) is 7.30. The third-order valence-corrected chi connectivity index (χ3v) is 3.29. The van der Waals surface area contributed by atoms with E-state index in [1.807, 2.05) is 0 Å². The Hall–Kier alpha value is -1.85. The third-order valence-electron chi connectivity index (χ3n) is 2.95. The molecule has 1 atom stereocenters. The largest absolute Gasteiger partial charge is 0.382 e. The molecule has 0 saturated carbocycles. The minimum absolute atomic E-state index is 0.249. The van der Waals surface area contributed by atoms with Gasteiger partial charge < -0.3 is 10.6 Å². The lowest BCUT2D eigenvalue weighted by Crippen LogP contribution is -2.10. The molecule has 0 bridgehead atoms. The van der Waals surface area contributed by atoms with E-state index in [4.69, 9.17) is 23.2 Å². The van der Waals surface area contributed by atoms with Crippen LogP contribution in [0.2, 0.25) is 5.15 Å². The van der Waals surface area contributed by atoms with E-state index in [-0.39, 0.29) is 16.9 Å². The van der Waals surface area contributed by atoms with Crippen molar-refractivity contribution in [1.82, 2.24) is 4.98 Å². The van der Waals surface area contributed by atoms with Gasteiger partial charge in [0.1, 0.15) is 11.0 Å². The van der Waals surface area contributed by atoms with Crippen molar-refractivity contribution in [2.75, 3.05) is 17.2 Å². The number of amides is 1. The lowest BCUT2D eigenvalue weighted by atomic mass is 10.1. The van der Waals surface area contributed by atoms with Gasteiger partial charge in [-0.05, 0) is 30.7 Å². The zero-order valence-corrected chi connectivity index (χ0v) is 14.2. The number of hydrogen-bond donors (Lipinski definition) is 2. The number of allylic oxidation sites excluding steroid dienone is 5. The van der Waals surface area contributed by atoms with Crippen molar-refractivity contribution in [3.05, 3.63) is 53.0 Å². The number of nitrogens with zero attached hydrogens (tertiary/aromatic N) is 1. The standard InChI is InChI=1S/C16H18Cl2FN3O/c1-11(13(19)5-3-4-12(2)17)8-9-20-14-6-7-15(18)22-16(14)21-10-23/h3-7,10-11,20H,2,8-9H2,1H3,(H,21,22,23)/b4-3-,13-5-. The molecule has 7 heteroatoms. The van der Waals surface area contributed by atoms with Crippen LogP contribution >= 0.6 is 23.2 Å². The Morgan fingerprint density at radius 2 is 2.26 bits per heavy atom. The number of anilines is 2. The van der Waals surface area contributed by atoms with Crippen molar-refractivity contribution >= 4 is 41.1 Å². The summed E-state index contributed by atoms with van der Waals surface area (Å²) in [5.41, 5.74) is 0.622. The maximum Gasteiger partial charge on any atom is 0.212 e. The number of carbonyl (C=O) groups excluding carboxylic acids is 1. The fourth-order valence-electron chi connectivity index (χ4n) is 1.71. The predicted molar refractivity (Wildman–Crippen MR) is 94.5 cm³/mol. The molecule has 0 aliphatic heterocycles. The Morgan fingerprint density at radius 3 is 2.91 bits per heavy atom. The molecular weight excluding hydrogens is 340 g/mol. The summed E-state index contributed by atoms with van der Waals surface area (Å²) >= 11 is 11.3. The summed E-state index contributed by atoms with van der Waals surface area (Å²) < 4.78 is 13.8. The van der Waals surface area contributed by atoms with Gasteiger partial charge in [0.15, 0.2) is 5.82 Å². The molecule has 0 saturated heterocycles. The second-order valence-electron chi connectivity index (χ2n) is 4.77. The number of rotatable bonds is 9. The molecule has 0 radical (unpaired) electrons. The van der Waals surface area contributed by atoms with Gasteiger partial charge in [0.25, 0.3) is 0 Å². The van der Waals surface area contributed by atoms with Crippen LogP contribution in [0.15, 0.2) is 47.8 Å². The minimum atomic E-state index is -0.265. The molecule has 1 aromatic rings. The Balaban J connectivity index is 2.56. The van der Waals surface area contributed by atoms with Crippen molar-refractivity contribution in [3.8, 4) is 0 Å². The average molecular weight is 358 g/mol. The molecule has 1 unspecified atom stereocenters. The monoisotopic (exact) mass is 357 g/mol. The lowest BCUT2D eigenvalue weighted by Gasteiger charge is -2.13. The van der Waals surface area contributed by atoms with Crippen LogP contribution in [0.3, 0.4) is 0 Å². The SMILES string of the molecule is C=C(Cl)/C=C\C=C(/F)C(C)CCNc1ccc(Cl)nc1NC=O. The highest BCUT2D eigenvalue weighted by molar-refractivity contribution is 6.30. The van der Waals surface area contributed by atoms with Gasteiger partial charge in [-0.3, -0.25) is 4.79 Å². The zero-order chi connectivity index (χ0) is 17.2. The molecule has 124 valence electrons. The van der Waals surface area contributed by atoms with E-state index >= 15 is 0 Å². The van der Waals surface area contributed by atoms with Gasteiger partial charge in [-0.1, -0.05) is 42.8 Å². The van der Waals surface area contributed by atoms with Crippen LogP contribution in [0.4, 0.5) is 15.9 Å². The molecule has 0 spiro atoms. The maximum absolute atomic E-state index is 13.8. The Morgan fingerprint density at radius 1 is 1.52 bits per heavy atom. The summed E-state index contributed by atoms with van der Waals surface area (Å²) in [6, 6.07) is 3.31. The molecule has 23 heavy (non-hydrogen) atoms. The second-order valence-corrected chi connectivity index (χ2v) is 5.64. The molecule has 0 fully saturated rings. The lowest BCUT2D eigenvalue weighted by molar-refractivity contribution is -0.105. The highest BCUT2D eigenvalue weighted by Gasteiger charge is 2.09. The highest BCUT2D eigenvalue weighted by atomic mass is 35.5. The van der Waals surface area contributed by atoms with Crippen molar-refractivity contribution in [2.45, 2.75) is 13.3 Å². The molecule has 4 nitrogen and oxygen atoms in total. The van der Waals surface area contributed by atoms with Gasteiger partial charge in [0, 0.05) is 17.5 Å². The van der Waals surface area contributed by atoms with E-state index in [1.54, 1.807) is 19.1 Å². The normalized spacial score (nSPS) is 13.0. The van der Waals surface area contributed by atoms with Crippen LogP contribution in [0.5, 0.6) is 0 Å². The van der Waals surface area contributed by atoms with Crippen molar-refractivity contribution in [1.29, 1.82) is 0 Å².